The molecule has 1 amide bonds. The predicted octanol–water partition coefficient (Wildman–Crippen LogP) is 7.14. The molecule has 2 fully saturated rings. The largest absolute Gasteiger partial charge is 0.497 e. The molecule has 3 aromatic rings. The molecule has 0 bridgehead atoms. The average Bonchev–Trinajstić information content (AvgIpc) is 3.57. The average molecular weight is 603 g/mol. The van der Waals surface area contributed by atoms with Gasteiger partial charge in [-0.15, -0.1) is 0 Å². The molecular weight excluding hydrogens is 555 g/mol. The molecule has 1 aromatic heterocycles. The third-order valence-corrected chi connectivity index (χ3v) is 9.83. The molecule has 2 heterocycles. The highest BCUT2D eigenvalue weighted by molar-refractivity contribution is 5.82. The van der Waals surface area contributed by atoms with Gasteiger partial charge in [-0.3, -0.25) is 9.59 Å². The molecule has 236 valence electrons. The predicted molar refractivity (Wildman–Crippen MR) is 172 cm³/mol. The molecule has 1 spiro atoms. The smallest absolute Gasteiger partial charge is 0.223 e. The lowest BCUT2D eigenvalue weighted by Gasteiger charge is -2.31. The van der Waals surface area contributed by atoms with Gasteiger partial charge in [0.1, 0.15) is 23.2 Å². The number of piperidine rings is 1. The van der Waals surface area contributed by atoms with Gasteiger partial charge >= 0.3 is 0 Å². The first kappa shape index (κ1) is 31.9. The quantitative estimate of drug-likeness (QED) is 0.181. The van der Waals surface area contributed by atoms with E-state index < -0.39 is 0 Å². The number of likely N-dealkylation sites (tertiary alicyclic amines) is 1. The summed E-state index contributed by atoms with van der Waals surface area (Å²) in [5.41, 5.74) is 3.63. The molecule has 44 heavy (non-hydrogen) atoms. The number of ketones is 1. The molecular formula is C36H47FN4O3. The highest BCUT2D eigenvalue weighted by Gasteiger charge is 2.58. The summed E-state index contributed by atoms with van der Waals surface area (Å²) in [7, 11) is 1.65. The van der Waals surface area contributed by atoms with E-state index in [0.717, 1.165) is 92.8 Å². The first-order valence-electron chi connectivity index (χ1n) is 16.4. The molecule has 2 aromatic carbocycles. The highest BCUT2D eigenvalue weighted by Crippen LogP contribution is 2.59. The van der Waals surface area contributed by atoms with Crippen molar-refractivity contribution in [3.63, 3.8) is 0 Å². The van der Waals surface area contributed by atoms with Crippen molar-refractivity contribution < 1.29 is 18.7 Å². The number of nitrogens with one attached hydrogen (secondary N) is 2. The number of aromatic amines is 1. The van der Waals surface area contributed by atoms with Crippen molar-refractivity contribution in [2.24, 2.45) is 11.3 Å². The Labute approximate surface area is 261 Å². The van der Waals surface area contributed by atoms with Crippen LogP contribution in [0.1, 0.15) is 83.2 Å². The number of carbonyl (C=O) groups excluding carboxylic acids is 2. The van der Waals surface area contributed by atoms with Crippen LogP contribution >= 0.6 is 0 Å². The maximum absolute atomic E-state index is 13.7. The van der Waals surface area contributed by atoms with Crippen LogP contribution in [0.2, 0.25) is 0 Å². The molecule has 1 aliphatic heterocycles. The molecule has 2 N–H and O–H groups in total. The fourth-order valence-corrected chi connectivity index (χ4v) is 6.76. The summed E-state index contributed by atoms with van der Waals surface area (Å²) in [5, 5.41) is 3.34. The van der Waals surface area contributed by atoms with Gasteiger partial charge in [0, 0.05) is 48.0 Å². The number of imidazole rings is 1. The van der Waals surface area contributed by atoms with E-state index in [1.165, 1.54) is 12.1 Å². The van der Waals surface area contributed by atoms with Crippen molar-refractivity contribution in [2.45, 2.75) is 77.6 Å². The Hall–Kier alpha value is -3.52. The number of H-pyrrole nitrogens is 1. The third kappa shape index (κ3) is 7.57. The first-order chi connectivity index (χ1) is 21.4. The Balaban J connectivity index is 1.38. The standard InChI is InChI=1S/C36H47FN4O3/c1-4-29(42)12-8-6-7-10-27(24-38-35(43)31-23-36(31)18-20-41(5-2)21-19-36)33-32(26-11-9-13-30(22-26)44-3)39-34(40-33)25-14-16-28(37)17-15-25/h9,11,13-17,22,27,31H,4-8,10,12,18-21,23-24H2,1-3H3,(H,38,43)(H,39,40)/t27-,31?/m1/s1. The van der Waals surface area contributed by atoms with Crippen LogP contribution in [0, 0.1) is 17.2 Å². The highest BCUT2D eigenvalue weighted by atomic mass is 19.1. The fourth-order valence-electron chi connectivity index (χ4n) is 6.76. The lowest BCUT2D eigenvalue weighted by atomic mass is 9.90. The van der Waals surface area contributed by atoms with Crippen molar-refractivity contribution in [2.75, 3.05) is 33.3 Å². The summed E-state index contributed by atoms with van der Waals surface area (Å²) in [6.45, 7) is 7.84. The van der Waals surface area contributed by atoms with Gasteiger partial charge in [-0.05, 0) is 93.6 Å². The zero-order valence-corrected chi connectivity index (χ0v) is 26.5. The number of aromatic nitrogens is 2. The van der Waals surface area contributed by atoms with Crippen molar-refractivity contribution >= 4 is 11.7 Å². The van der Waals surface area contributed by atoms with Gasteiger partial charge in [0.15, 0.2) is 0 Å². The number of Topliss-reactive ketones (excluding diaryl/α,β-unsaturated/α-hetero) is 1. The summed E-state index contributed by atoms with van der Waals surface area (Å²) in [6, 6.07) is 14.2. The summed E-state index contributed by atoms with van der Waals surface area (Å²) in [6.07, 6.45) is 7.97. The van der Waals surface area contributed by atoms with Gasteiger partial charge in [0.25, 0.3) is 0 Å². The number of unbranched alkanes of at least 4 members (excludes halogenated alkanes) is 2. The number of halogens is 1. The van der Waals surface area contributed by atoms with Crippen molar-refractivity contribution in [3.8, 4) is 28.4 Å². The maximum Gasteiger partial charge on any atom is 0.223 e. The normalized spacial score (nSPS) is 18.2. The Kier molecular flexibility index (Phi) is 10.5. The second kappa shape index (κ2) is 14.5. The van der Waals surface area contributed by atoms with E-state index in [1.807, 2.05) is 31.2 Å². The lowest BCUT2D eigenvalue weighted by Crippen LogP contribution is -2.37. The summed E-state index contributed by atoms with van der Waals surface area (Å²) in [5.74, 6) is 1.64. The van der Waals surface area contributed by atoms with Crippen LogP contribution in [-0.2, 0) is 9.59 Å². The Morgan fingerprint density at radius 3 is 2.57 bits per heavy atom. The minimum absolute atomic E-state index is 0.0136. The van der Waals surface area contributed by atoms with Crippen LogP contribution in [0.25, 0.3) is 22.6 Å². The van der Waals surface area contributed by atoms with E-state index in [-0.39, 0.29) is 29.0 Å². The van der Waals surface area contributed by atoms with E-state index in [9.17, 15) is 14.0 Å². The molecule has 1 saturated carbocycles. The molecule has 5 rings (SSSR count). The minimum Gasteiger partial charge on any atom is -0.497 e. The van der Waals surface area contributed by atoms with Crippen LogP contribution in [0.5, 0.6) is 5.75 Å². The van der Waals surface area contributed by atoms with E-state index in [4.69, 9.17) is 9.72 Å². The third-order valence-electron chi connectivity index (χ3n) is 9.83. The van der Waals surface area contributed by atoms with E-state index in [1.54, 1.807) is 19.2 Å². The van der Waals surface area contributed by atoms with Crippen molar-refractivity contribution in [3.05, 3.63) is 60.0 Å². The Morgan fingerprint density at radius 2 is 1.86 bits per heavy atom. The minimum atomic E-state index is -0.297. The second-order valence-electron chi connectivity index (χ2n) is 12.6. The van der Waals surface area contributed by atoms with Crippen LogP contribution in [0.15, 0.2) is 48.5 Å². The number of hydrogen-bond acceptors (Lipinski definition) is 5. The number of amides is 1. The number of hydrogen-bond donors (Lipinski definition) is 2. The van der Waals surface area contributed by atoms with Gasteiger partial charge in [-0.25, -0.2) is 9.37 Å². The molecule has 0 radical (unpaired) electrons. The molecule has 2 aliphatic rings. The number of benzene rings is 2. The number of rotatable bonds is 15. The van der Waals surface area contributed by atoms with Crippen LogP contribution in [0.3, 0.4) is 0 Å². The van der Waals surface area contributed by atoms with E-state index in [0.29, 0.717) is 31.0 Å². The first-order valence-corrected chi connectivity index (χ1v) is 16.4. The Bertz CT molecular complexity index is 1410. The zero-order chi connectivity index (χ0) is 31.1. The topological polar surface area (TPSA) is 87.3 Å². The lowest BCUT2D eigenvalue weighted by molar-refractivity contribution is -0.123. The monoisotopic (exact) mass is 602 g/mol. The van der Waals surface area contributed by atoms with E-state index in [2.05, 4.69) is 22.1 Å². The fraction of sp³-hybridized carbons (Fsp3) is 0.528. The molecule has 8 heteroatoms. The van der Waals surface area contributed by atoms with Gasteiger partial charge in [-0.2, -0.15) is 0 Å². The number of methoxy groups -OCH3 is 1. The summed E-state index contributed by atoms with van der Waals surface area (Å²) in [4.78, 5) is 36.4. The SMILES string of the molecule is CCC(=O)CCCCC[C@H](CNC(=O)C1CC12CCN(CC)CC2)c1[nH]c(-c2ccc(F)cc2)nc1-c1cccc(OC)c1. The molecule has 2 atom stereocenters. The van der Waals surface area contributed by atoms with Crippen LogP contribution in [0.4, 0.5) is 4.39 Å². The van der Waals surface area contributed by atoms with Gasteiger partial charge < -0.3 is 19.9 Å². The zero-order valence-electron chi connectivity index (χ0n) is 26.5. The molecule has 1 saturated heterocycles. The number of carbonyl (C=O) groups is 2. The van der Waals surface area contributed by atoms with Gasteiger partial charge in [0.2, 0.25) is 5.91 Å². The van der Waals surface area contributed by atoms with Crippen molar-refractivity contribution in [1.29, 1.82) is 0 Å². The van der Waals surface area contributed by atoms with Crippen LogP contribution < -0.4 is 10.1 Å². The molecule has 1 unspecified atom stereocenters. The second-order valence-corrected chi connectivity index (χ2v) is 12.6. The Morgan fingerprint density at radius 1 is 1.09 bits per heavy atom. The summed E-state index contributed by atoms with van der Waals surface area (Å²) >= 11 is 0. The maximum atomic E-state index is 13.7. The van der Waals surface area contributed by atoms with Gasteiger partial charge in [0.05, 0.1) is 12.8 Å². The van der Waals surface area contributed by atoms with Gasteiger partial charge in [-0.1, -0.05) is 38.8 Å². The van der Waals surface area contributed by atoms with Crippen LogP contribution in [-0.4, -0.2) is 59.8 Å². The van der Waals surface area contributed by atoms with E-state index >= 15 is 0 Å². The molecule has 1 aliphatic carbocycles. The summed E-state index contributed by atoms with van der Waals surface area (Å²) < 4.78 is 19.3. The number of nitrogens with zero attached hydrogens (tertiary/aromatic N) is 2. The van der Waals surface area contributed by atoms with Crippen molar-refractivity contribution in [1.82, 2.24) is 20.2 Å². The molecule has 7 nitrogen and oxygen atoms in total. The number of ether oxygens (including phenoxy) is 1.